The standard InChI is InChI=1S/C15H14N4O2/c1-11-7-15(21)19(10-17-11)6-5-14(20)18-13-4-2-3-12(8-13)9-16/h2-4,7-8,10H,5-6H2,1H3,(H,18,20). The first-order chi connectivity index (χ1) is 10.1. The third kappa shape index (κ3) is 4.01. The molecule has 0 atom stereocenters. The molecule has 0 saturated carbocycles. The summed E-state index contributed by atoms with van der Waals surface area (Å²) in [4.78, 5) is 27.5. The maximum absolute atomic E-state index is 11.8. The van der Waals surface area contributed by atoms with Crippen LogP contribution >= 0.6 is 0 Å². The number of hydrogen-bond acceptors (Lipinski definition) is 4. The number of anilines is 1. The molecule has 0 aliphatic heterocycles. The molecular weight excluding hydrogens is 268 g/mol. The van der Waals surface area contributed by atoms with E-state index in [1.54, 1.807) is 31.2 Å². The van der Waals surface area contributed by atoms with Crippen molar-refractivity contribution in [1.82, 2.24) is 9.55 Å². The minimum atomic E-state index is -0.224. The summed E-state index contributed by atoms with van der Waals surface area (Å²) in [5.41, 5.74) is 1.51. The highest BCUT2D eigenvalue weighted by atomic mass is 16.1. The lowest BCUT2D eigenvalue weighted by Crippen LogP contribution is -2.23. The highest BCUT2D eigenvalue weighted by molar-refractivity contribution is 5.90. The van der Waals surface area contributed by atoms with Gasteiger partial charge in [0.25, 0.3) is 5.56 Å². The van der Waals surface area contributed by atoms with Gasteiger partial charge in [-0.05, 0) is 25.1 Å². The van der Waals surface area contributed by atoms with Crippen LogP contribution in [0.25, 0.3) is 0 Å². The Balaban J connectivity index is 1.96. The zero-order valence-electron chi connectivity index (χ0n) is 11.5. The normalized spacial score (nSPS) is 9.90. The van der Waals surface area contributed by atoms with Crippen molar-refractivity contribution in [3.8, 4) is 6.07 Å². The SMILES string of the molecule is Cc1cc(=O)n(CCC(=O)Nc2cccc(C#N)c2)cn1. The van der Waals surface area contributed by atoms with Gasteiger partial charge < -0.3 is 5.32 Å². The van der Waals surface area contributed by atoms with Crippen molar-refractivity contribution < 1.29 is 4.79 Å². The highest BCUT2D eigenvalue weighted by Gasteiger charge is 2.05. The average molecular weight is 282 g/mol. The molecule has 0 saturated heterocycles. The minimum absolute atomic E-state index is 0.154. The smallest absolute Gasteiger partial charge is 0.253 e. The zero-order valence-corrected chi connectivity index (χ0v) is 11.5. The van der Waals surface area contributed by atoms with E-state index in [0.29, 0.717) is 16.9 Å². The number of hydrogen-bond donors (Lipinski definition) is 1. The number of carbonyl (C=O) groups excluding carboxylic acids is 1. The number of aromatic nitrogens is 2. The Morgan fingerprint density at radius 3 is 2.95 bits per heavy atom. The summed E-state index contributed by atoms with van der Waals surface area (Å²) < 4.78 is 1.39. The lowest BCUT2D eigenvalue weighted by molar-refractivity contribution is -0.116. The van der Waals surface area contributed by atoms with Crippen LogP contribution < -0.4 is 10.9 Å². The summed E-state index contributed by atoms with van der Waals surface area (Å²) in [6, 6.07) is 10.1. The summed E-state index contributed by atoms with van der Waals surface area (Å²) >= 11 is 0. The average Bonchev–Trinajstić information content (AvgIpc) is 2.46. The number of amides is 1. The van der Waals surface area contributed by atoms with E-state index in [-0.39, 0.29) is 24.4 Å². The molecular formula is C15H14N4O2. The second-order valence-electron chi connectivity index (χ2n) is 4.55. The third-order valence-electron chi connectivity index (χ3n) is 2.87. The number of rotatable bonds is 4. The number of carbonyl (C=O) groups is 1. The molecule has 2 aromatic rings. The Bertz CT molecular complexity index is 759. The van der Waals surface area contributed by atoms with Gasteiger partial charge in [-0.15, -0.1) is 0 Å². The largest absolute Gasteiger partial charge is 0.326 e. The Hall–Kier alpha value is -2.94. The molecule has 21 heavy (non-hydrogen) atoms. The van der Waals surface area contributed by atoms with Crippen molar-refractivity contribution in [2.75, 3.05) is 5.32 Å². The van der Waals surface area contributed by atoms with Crippen molar-refractivity contribution >= 4 is 11.6 Å². The predicted octanol–water partition coefficient (Wildman–Crippen LogP) is 1.45. The van der Waals surface area contributed by atoms with Gasteiger partial charge in [0.15, 0.2) is 0 Å². The zero-order chi connectivity index (χ0) is 15.2. The van der Waals surface area contributed by atoms with Crippen LogP contribution in [0.1, 0.15) is 17.7 Å². The molecule has 0 bridgehead atoms. The van der Waals surface area contributed by atoms with Gasteiger partial charge in [-0.2, -0.15) is 5.26 Å². The van der Waals surface area contributed by atoms with Crippen LogP contribution in [-0.4, -0.2) is 15.5 Å². The van der Waals surface area contributed by atoms with Crippen LogP contribution in [-0.2, 0) is 11.3 Å². The van der Waals surface area contributed by atoms with Crippen LogP contribution in [0.3, 0.4) is 0 Å². The molecule has 6 nitrogen and oxygen atoms in total. The van der Waals surface area contributed by atoms with Gasteiger partial charge in [-0.3, -0.25) is 14.2 Å². The fourth-order valence-corrected chi connectivity index (χ4v) is 1.80. The Kier molecular flexibility index (Phi) is 4.46. The summed E-state index contributed by atoms with van der Waals surface area (Å²) in [5.74, 6) is -0.224. The number of aryl methyl sites for hydroxylation is 2. The topological polar surface area (TPSA) is 87.8 Å². The van der Waals surface area contributed by atoms with Gasteiger partial charge in [0.2, 0.25) is 5.91 Å². The van der Waals surface area contributed by atoms with Gasteiger partial charge in [0, 0.05) is 30.4 Å². The molecule has 1 N–H and O–H groups in total. The van der Waals surface area contributed by atoms with Gasteiger partial charge in [-0.25, -0.2) is 4.98 Å². The Morgan fingerprint density at radius 1 is 1.43 bits per heavy atom. The molecule has 2 rings (SSSR count). The molecule has 1 amide bonds. The molecule has 0 aliphatic carbocycles. The van der Waals surface area contributed by atoms with Crippen LogP contribution in [0.2, 0.25) is 0 Å². The fourth-order valence-electron chi connectivity index (χ4n) is 1.80. The number of nitrogens with zero attached hydrogens (tertiary/aromatic N) is 3. The summed E-state index contributed by atoms with van der Waals surface area (Å²) in [5, 5.41) is 11.5. The molecule has 0 spiro atoms. The van der Waals surface area contributed by atoms with Gasteiger partial charge in [0.1, 0.15) is 0 Å². The van der Waals surface area contributed by atoms with Crippen LogP contribution in [0.15, 0.2) is 41.5 Å². The van der Waals surface area contributed by atoms with E-state index < -0.39 is 0 Å². The first kappa shape index (κ1) is 14.5. The van der Waals surface area contributed by atoms with E-state index in [1.165, 1.54) is 17.0 Å². The quantitative estimate of drug-likeness (QED) is 0.919. The Labute approximate surface area is 121 Å². The molecule has 0 aliphatic rings. The van der Waals surface area contributed by atoms with Crippen LogP contribution in [0, 0.1) is 18.3 Å². The highest BCUT2D eigenvalue weighted by Crippen LogP contribution is 2.10. The van der Waals surface area contributed by atoms with E-state index in [1.807, 2.05) is 6.07 Å². The number of nitriles is 1. The molecule has 1 aromatic carbocycles. The lowest BCUT2D eigenvalue weighted by atomic mass is 10.2. The second-order valence-corrected chi connectivity index (χ2v) is 4.55. The van der Waals surface area contributed by atoms with Crippen molar-refractivity contribution in [2.24, 2.45) is 0 Å². The van der Waals surface area contributed by atoms with Crippen molar-refractivity contribution in [3.05, 3.63) is 58.3 Å². The number of nitrogens with one attached hydrogen (secondary N) is 1. The van der Waals surface area contributed by atoms with Crippen molar-refractivity contribution in [1.29, 1.82) is 5.26 Å². The summed E-state index contributed by atoms with van der Waals surface area (Å²) in [6.07, 6.45) is 1.59. The molecule has 6 heteroatoms. The van der Waals surface area contributed by atoms with Crippen molar-refractivity contribution in [3.63, 3.8) is 0 Å². The van der Waals surface area contributed by atoms with Gasteiger partial charge >= 0.3 is 0 Å². The van der Waals surface area contributed by atoms with Crippen molar-refractivity contribution in [2.45, 2.75) is 19.9 Å². The maximum atomic E-state index is 11.8. The van der Waals surface area contributed by atoms with Crippen LogP contribution in [0.4, 0.5) is 5.69 Å². The van der Waals surface area contributed by atoms with E-state index >= 15 is 0 Å². The molecule has 0 fully saturated rings. The first-order valence-corrected chi connectivity index (χ1v) is 6.41. The van der Waals surface area contributed by atoms with E-state index in [4.69, 9.17) is 5.26 Å². The molecule has 0 unspecified atom stereocenters. The summed E-state index contributed by atoms with van der Waals surface area (Å²) in [7, 11) is 0. The van der Waals surface area contributed by atoms with Gasteiger partial charge in [0.05, 0.1) is 18.0 Å². The molecule has 1 aromatic heterocycles. The molecule has 1 heterocycles. The first-order valence-electron chi connectivity index (χ1n) is 6.41. The second kappa shape index (κ2) is 6.48. The minimum Gasteiger partial charge on any atom is -0.326 e. The third-order valence-corrected chi connectivity index (χ3v) is 2.87. The van der Waals surface area contributed by atoms with Gasteiger partial charge in [-0.1, -0.05) is 6.07 Å². The van der Waals surface area contributed by atoms with Crippen LogP contribution in [0.5, 0.6) is 0 Å². The monoisotopic (exact) mass is 282 g/mol. The molecule has 106 valence electrons. The van der Waals surface area contributed by atoms with E-state index in [0.717, 1.165) is 0 Å². The molecule has 0 radical (unpaired) electrons. The predicted molar refractivity (Wildman–Crippen MR) is 77.6 cm³/mol. The fraction of sp³-hybridized carbons (Fsp3) is 0.200. The summed E-state index contributed by atoms with van der Waals surface area (Å²) in [6.45, 7) is 2.00. The van der Waals surface area contributed by atoms with E-state index in [2.05, 4.69) is 10.3 Å². The maximum Gasteiger partial charge on any atom is 0.253 e. The Morgan fingerprint density at radius 2 is 2.24 bits per heavy atom. The van der Waals surface area contributed by atoms with E-state index in [9.17, 15) is 9.59 Å². The lowest BCUT2D eigenvalue weighted by Gasteiger charge is -2.07. The number of benzene rings is 1.